The van der Waals surface area contributed by atoms with Gasteiger partial charge in [-0.2, -0.15) is 0 Å². The first-order valence-corrected chi connectivity index (χ1v) is 10.8. The molecular weight excluding hydrogens is 436 g/mol. The molecule has 2 saturated heterocycles. The Morgan fingerprint density at radius 1 is 1.12 bits per heavy atom. The topological polar surface area (TPSA) is 140 Å². The zero-order valence-electron chi connectivity index (χ0n) is 19.2. The molecule has 12 nitrogen and oxygen atoms in total. The molecule has 0 unspecified atom stereocenters. The molecule has 0 aromatic carbocycles. The monoisotopic (exact) mass is 466 g/mol. The van der Waals surface area contributed by atoms with Gasteiger partial charge in [0.2, 0.25) is 5.91 Å². The molecule has 2 aliphatic rings. The van der Waals surface area contributed by atoms with Crippen LogP contribution in [0.25, 0.3) is 0 Å². The second kappa shape index (κ2) is 10.3. The van der Waals surface area contributed by atoms with Crippen LogP contribution in [-0.2, 0) is 28.6 Å². The van der Waals surface area contributed by atoms with Crippen LogP contribution in [0.4, 0.5) is 0 Å². The van der Waals surface area contributed by atoms with Crippen LogP contribution in [0.5, 0.6) is 0 Å². The molecule has 12 heteroatoms. The average Bonchev–Trinajstić information content (AvgIpc) is 3.18. The largest absolute Gasteiger partial charge is 0.462 e. The van der Waals surface area contributed by atoms with Crippen molar-refractivity contribution in [1.29, 1.82) is 0 Å². The lowest BCUT2D eigenvalue weighted by Gasteiger charge is -2.40. The standard InChI is InChI=1S/C21H30N4O8/c1-12-10-25(21(30)22-20(12)29)18-9-16(24-7-5-23(6-8-24)13(2)26)19(33-18)17(32-15(4)28)11-31-14(3)27/h10,16-19H,5-9,11H2,1-4H3,(H,22,29,30)/t16-,17+,18-,19-/m0/s1. The highest BCUT2D eigenvalue weighted by Crippen LogP contribution is 2.34. The summed E-state index contributed by atoms with van der Waals surface area (Å²) in [4.78, 5) is 65.3. The number of aromatic nitrogens is 2. The van der Waals surface area contributed by atoms with E-state index in [1.165, 1.54) is 31.5 Å². The Labute approximate surface area is 190 Å². The maximum absolute atomic E-state index is 12.5. The molecule has 3 heterocycles. The number of ether oxygens (including phenoxy) is 3. The van der Waals surface area contributed by atoms with E-state index in [2.05, 4.69) is 9.88 Å². The van der Waals surface area contributed by atoms with E-state index in [1.807, 2.05) is 0 Å². The predicted molar refractivity (Wildman–Crippen MR) is 114 cm³/mol. The fourth-order valence-corrected chi connectivity index (χ4v) is 4.32. The molecule has 2 aliphatic heterocycles. The summed E-state index contributed by atoms with van der Waals surface area (Å²) in [5.74, 6) is -1.09. The Morgan fingerprint density at radius 3 is 2.36 bits per heavy atom. The molecule has 0 radical (unpaired) electrons. The average molecular weight is 466 g/mol. The van der Waals surface area contributed by atoms with Crippen LogP contribution in [-0.4, -0.2) is 88.2 Å². The third-order valence-electron chi connectivity index (χ3n) is 5.96. The minimum atomic E-state index is -0.896. The molecule has 182 valence electrons. The van der Waals surface area contributed by atoms with Crippen LogP contribution < -0.4 is 11.2 Å². The Kier molecular flexibility index (Phi) is 7.69. The van der Waals surface area contributed by atoms with Gasteiger partial charge in [-0.3, -0.25) is 33.6 Å². The van der Waals surface area contributed by atoms with Crippen molar-refractivity contribution in [3.05, 3.63) is 32.6 Å². The van der Waals surface area contributed by atoms with Gasteiger partial charge in [-0.15, -0.1) is 0 Å². The second-order valence-electron chi connectivity index (χ2n) is 8.33. The molecule has 1 aromatic heterocycles. The molecule has 2 fully saturated rings. The molecule has 0 spiro atoms. The fraction of sp³-hybridized carbons (Fsp3) is 0.667. The van der Waals surface area contributed by atoms with Crippen LogP contribution >= 0.6 is 0 Å². The summed E-state index contributed by atoms with van der Waals surface area (Å²) in [6.07, 6.45) is -0.530. The summed E-state index contributed by atoms with van der Waals surface area (Å²) >= 11 is 0. The lowest BCUT2D eigenvalue weighted by molar-refractivity contribution is -0.170. The molecule has 0 bridgehead atoms. The zero-order chi connectivity index (χ0) is 24.3. The van der Waals surface area contributed by atoms with Gasteiger partial charge in [0.05, 0.1) is 0 Å². The maximum atomic E-state index is 12.5. The number of amides is 1. The summed E-state index contributed by atoms with van der Waals surface area (Å²) in [5.41, 5.74) is -0.736. The smallest absolute Gasteiger partial charge is 0.330 e. The fourth-order valence-electron chi connectivity index (χ4n) is 4.32. The van der Waals surface area contributed by atoms with E-state index in [0.717, 1.165) is 0 Å². The third-order valence-corrected chi connectivity index (χ3v) is 5.96. The van der Waals surface area contributed by atoms with Gasteiger partial charge >= 0.3 is 17.6 Å². The van der Waals surface area contributed by atoms with Crippen LogP contribution in [0.3, 0.4) is 0 Å². The molecular formula is C21H30N4O8. The molecule has 3 rings (SSSR count). The number of hydrogen-bond acceptors (Lipinski definition) is 9. The number of nitrogens with one attached hydrogen (secondary N) is 1. The van der Waals surface area contributed by atoms with Crippen LogP contribution in [0.2, 0.25) is 0 Å². The summed E-state index contributed by atoms with van der Waals surface area (Å²) in [6, 6.07) is -0.289. The highest BCUT2D eigenvalue weighted by molar-refractivity contribution is 5.73. The normalized spacial score (nSPS) is 24.4. The Balaban J connectivity index is 1.90. The zero-order valence-corrected chi connectivity index (χ0v) is 19.2. The van der Waals surface area contributed by atoms with E-state index in [1.54, 1.807) is 11.8 Å². The SMILES string of the molecule is CC(=O)OC[C@@H](OC(C)=O)[C@H]1O[C@H](n2cc(C)c(=O)[nH]c2=O)C[C@@H]1N1CCN(C(C)=O)CC1. The van der Waals surface area contributed by atoms with Crippen molar-refractivity contribution in [3.8, 4) is 0 Å². The first-order chi connectivity index (χ1) is 15.6. The quantitative estimate of drug-likeness (QED) is 0.531. The van der Waals surface area contributed by atoms with Gasteiger partial charge in [0.25, 0.3) is 5.56 Å². The van der Waals surface area contributed by atoms with Gasteiger partial charge in [0.15, 0.2) is 6.10 Å². The van der Waals surface area contributed by atoms with Crippen molar-refractivity contribution < 1.29 is 28.6 Å². The number of esters is 2. The van der Waals surface area contributed by atoms with E-state index in [4.69, 9.17) is 14.2 Å². The highest BCUT2D eigenvalue weighted by atomic mass is 16.6. The highest BCUT2D eigenvalue weighted by Gasteiger charge is 2.46. The second-order valence-corrected chi connectivity index (χ2v) is 8.33. The van der Waals surface area contributed by atoms with Crippen molar-refractivity contribution in [1.82, 2.24) is 19.4 Å². The molecule has 33 heavy (non-hydrogen) atoms. The Hall–Kier alpha value is -2.99. The number of aryl methyl sites for hydroxylation is 1. The molecule has 4 atom stereocenters. The van der Waals surface area contributed by atoms with Gasteiger partial charge in [-0.05, 0) is 6.92 Å². The summed E-state index contributed by atoms with van der Waals surface area (Å²) in [5, 5.41) is 0. The number of aromatic amines is 1. The van der Waals surface area contributed by atoms with Crippen molar-refractivity contribution in [3.63, 3.8) is 0 Å². The number of H-pyrrole nitrogens is 1. The number of carbonyl (C=O) groups excluding carboxylic acids is 3. The van der Waals surface area contributed by atoms with Gasteiger partial charge in [0.1, 0.15) is 18.9 Å². The van der Waals surface area contributed by atoms with Crippen LogP contribution in [0.15, 0.2) is 15.8 Å². The van der Waals surface area contributed by atoms with Crippen molar-refractivity contribution in [2.24, 2.45) is 0 Å². The van der Waals surface area contributed by atoms with E-state index >= 15 is 0 Å². The predicted octanol–water partition coefficient (Wildman–Crippen LogP) is -0.840. The van der Waals surface area contributed by atoms with E-state index in [9.17, 15) is 24.0 Å². The maximum Gasteiger partial charge on any atom is 0.330 e. The lowest BCUT2D eigenvalue weighted by Crippen LogP contribution is -2.56. The van der Waals surface area contributed by atoms with Gasteiger partial charge in [-0.25, -0.2) is 4.79 Å². The molecule has 0 aliphatic carbocycles. The number of piperazine rings is 1. The van der Waals surface area contributed by atoms with Crippen LogP contribution in [0.1, 0.15) is 39.0 Å². The number of nitrogens with zero attached hydrogens (tertiary/aromatic N) is 3. The van der Waals surface area contributed by atoms with Gasteiger partial charge in [0, 0.05) is 71.2 Å². The first kappa shape index (κ1) is 24.6. The minimum Gasteiger partial charge on any atom is -0.462 e. The Morgan fingerprint density at radius 2 is 1.79 bits per heavy atom. The van der Waals surface area contributed by atoms with Gasteiger partial charge < -0.3 is 19.1 Å². The third kappa shape index (κ3) is 5.88. The van der Waals surface area contributed by atoms with Crippen molar-refractivity contribution in [2.45, 2.75) is 58.6 Å². The summed E-state index contributed by atoms with van der Waals surface area (Å²) < 4.78 is 18.1. The van der Waals surface area contributed by atoms with Crippen molar-refractivity contribution in [2.75, 3.05) is 32.8 Å². The van der Waals surface area contributed by atoms with Crippen molar-refractivity contribution >= 4 is 17.8 Å². The van der Waals surface area contributed by atoms with Gasteiger partial charge in [-0.1, -0.05) is 0 Å². The Bertz CT molecular complexity index is 1010. The number of hydrogen-bond donors (Lipinski definition) is 1. The lowest BCUT2D eigenvalue weighted by atomic mass is 10.0. The van der Waals surface area contributed by atoms with E-state index in [-0.39, 0.29) is 18.6 Å². The first-order valence-electron chi connectivity index (χ1n) is 10.8. The molecule has 1 aromatic rings. The number of carbonyl (C=O) groups is 3. The van der Waals surface area contributed by atoms with E-state index < -0.39 is 41.6 Å². The summed E-state index contributed by atoms with van der Waals surface area (Å²) in [7, 11) is 0. The van der Waals surface area contributed by atoms with Crippen LogP contribution in [0, 0.1) is 6.92 Å². The number of rotatable bonds is 6. The van der Waals surface area contributed by atoms with E-state index in [0.29, 0.717) is 38.2 Å². The minimum absolute atomic E-state index is 0.00494. The molecule has 1 N–H and O–H groups in total. The summed E-state index contributed by atoms with van der Waals surface area (Å²) in [6.45, 7) is 7.61. The molecule has 1 amide bonds. The molecule has 0 saturated carbocycles.